The van der Waals surface area contributed by atoms with Crippen LogP contribution in [0.5, 0.6) is 5.75 Å². The van der Waals surface area contributed by atoms with Crippen LogP contribution in [0.15, 0.2) is 48.8 Å². The topological polar surface area (TPSA) is 129 Å². The molecule has 3 aliphatic rings. The number of anilines is 3. The zero-order valence-corrected chi connectivity index (χ0v) is 26.4. The minimum absolute atomic E-state index is 0.142. The second-order valence-electron chi connectivity index (χ2n) is 12.7. The van der Waals surface area contributed by atoms with Crippen LogP contribution in [-0.2, 0) is 9.47 Å². The van der Waals surface area contributed by atoms with Crippen LogP contribution in [0.3, 0.4) is 0 Å². The van der Waals surface area contributed by atoms with Gasteiger partial charge in [0.25, 0.3) is 0 Å². The van der Waals surface area contributed by atoms with Gasteiger partial charge in [-0.05, 0) is 63.2 Å². The molecule has 2 atom stereocenters. The predicted octanol–water partition coefficient (Wildman–Crippen LogP) is 4.40. The fourth-order valence-electron chi connectivity index (χ4n) is 5.69. The molecule has 13 heteroatoms. The van der Waals surface area contributed by atoms with E-state index < -0.39 is 24.0 Å². The largest absolute Gasteiger partial charge is 0.486 e. The van der Waals surface area contributed by atoms with Crippen molar-refractivity contribution in [3.8, 4) is 23.2 Å². The van der Waals surface area contributed by atoms with Crippen LogP contribution in [-0.4, -0.2) is 107 Å². The lowest BCUT2D eigenvalue weighted by molar-refractivity contribution is -0.0660. The van der Waals surface area contributed by atoms with Gasteiger partial charge in [-0.25, -0.2) is 19.2 Å². The molecule has 0 bridgehead atoms. The summed E-state index contributed by atoms with van der Waals surface area (Å²) in [4.78, 5) is 31.7. The molecule has 3 saturated heterocycles. The van der Waals surface area contributed by atoms with Crippen LogP contribution in [0.2, 0.25) is 0 Å². The number of aromatic nitrogens is 3. The van der Waals surface area contributed by atoms with Crippen molar-refractivity contribution >= 4 is 23.4 Å². The Labute approximate surface area is 268 Å². The summed E-state index contributed by atoms with van der Waals surface area (Å²) in [5.41, 5.74) is 2.17. The summed E-state index contributed by atoms with van der Waals surface area (Å²) in [6.45, 7) is 11.2. The van der Waals surface area contributed by atoms with E-state index in [1.165, 1.54) is 16.9 Å². The number of carbonyl (C=O) groups excluding carboxylic acids is 1. The molecule has 0 aliphatic carbocycles. The van der Waals surface area contributed by atoms with Gasteiger partial charge in [0.2, 0.25) is 5.95 Å². The normalized spacial score (nSPS) is 20.8. The van der Waals surface area contributed by atoms with Gasteiger partial charge >= 0.3 is 6.09 Å². The van der Waals surface area contributed by atoms with E-state index in [9.17, 15) is 10.1 Å². The van der Waals surface area contributed by atoms with E-state index in [2.05, 4.69) is 48.3 Å². The monoisotopic (exact) mass is 630 g/mol. The van der Waals surface area contributed by atoms with Crippen LogP contribution < -0.4 is 15.0 Å². The van der Waals surface area contributed by atoms with Crippen molar-refractivity contribution < 1.29 is 23.4 Å². The Kier molecular flexibility index (Phi) is 9.19. The van der Waals surface area contributed by atoms with E-state index in [1.807, 2.05) is 12.1 Å². The number of likely N-dealkylation sites (tertiary alicyclic amines) is 1. The number of rotatable bonds is 7. The summed E-state index contributed by atoms with van der Waals surface area (Å²) < 4.78 is 31.7. The molecule has 2 unspecified atom stereocenters. The third-order valence-corrected chi connectivity index (χ3v) is 8.28. The lowest BCUT2D eigenvalue weighted by Gasteiger charge is -2.43. The standard InChI is InChI=1S/C33H39FN8O4/c1-33(2,3)46-32(43)42-11-10-29(27(34)18-42)45-28-9-4-22(16-23(28)17-35)30-36-21-37-31(39-30)38-24-5-7-25(8-6-24)40-12-14-41(15-13-40)26-19-44-20-26/h4-9,16,21,26-27,29H,10-15,18-20H2,1-3H3,(H,36,37,38,39). The zero-order chi connectivity index (χ0) is 32.3. The fourth-order valence-corrected chi connectivity index (χ4v) is 5.69. The number of nitrogens with zero attached hydrogens (tertiary/aromatic N) is 7. The molecular formula is C33H39FN8O4. The van der Waals surface area contributed by atoms with Gasteiger partial charge in [0.05, 0.1) is 31.4 Å². The van der Waals surface area contributed by atoms with E-state index in [1.54, 1.807) is 39.0 Å². The van der Waals surface area contributed by atoms with Gasteiger partial charge < -0.3 is 29.3 Å². The highest BCUT2D eigenvalue weighted by atomic mass is 19.1. The van der Waals surface area contributed by atoms with E-state index in [0.29, 0.717) is 23.4 Å². The SMILES string of the molecule is CC(C)(C)OC(=O)N1CCC(Oc2ccc(-c3ncnc(Nc4ccc(N5CCN(C6COC6)CC5)cc4)n3)cc2C#N)C(F)C1. The van der Waals surface area contributed by atoms with Gasteiger partial charge in [-0.1, -0.05) is 0 Å². The van der Waals surface area contributed by atoms with Crippen LogP contribution in [0, 0.1) is 11.3 Å². The Morgan fingerprint density at radius 1 is 1.07 bits per heavy atom. The van der Waals surface area contributed by atoms with Gasteiger partial charge in [-0.15, -0.1) is 0 Å². The lowest BCUT2D eigenvalue weighted by Crippen LogP contribution is -2.56. The number of amides is 1. The Balaban J connectivity index is 1.06. The summed E-state index contributed by atoms with van der Waals surface area (Å²) >= 11 is 0. The number of ether oxygens (including phenoxy) is 3. The van der Waals surface area contributed by atoms with E-state index in [-0.39, 0.29) is 30.8 Å². The molecule has 0 saturated carbocycles. The number of alkyl halides is 1. The van der Waals surface area contributed by atoms with Crippen LogP contribution in [0.1, 0.15) is 32.8 Å². The first kappa shape index (κ1) is 31.4. The summed E-state index contributed by atoms with van der Waals surface area (Å²) in [6, 6.07) is 15.9. The van der Waals surface area contributed by atoms with Crippen molar-refractivity contribution in [2.75, 3.05) is 62.7 Å². The molecule has 242 valence electrons. The molecular weight excluding hydrogens is 591 g/mol. The Morgan fingerprint density at radius 2 is 1.83 bits per heavy atom. The highest BCUT2D eigenvalue weighted by Gasteiger charge is 2.35. The van der Waals surface area contributed by atoms with Crippen LogP contribution in [0.25, 0.3) is 11.4 Å². The van der Waals surface area contributed by atoms with Gasteiger partial charge in [0, 0.05) is 56.1 Å². The number of piperidine rings is 1. The van der Waals surface area contributed by atoms with Gasteiger partial charge in [-0.3, -0.25) is 4.90 Å². The van der Waals surface area contributed by atoms with Crippen molar-refractivity contribution in [1.82, 2.24) is 24.8 Å². The Morgan fingerprint density at radius 3 is 2.48 bits per heavy atom. The van der Waals surface area contributed by atoms with E-state index in [0.717, 1.165) is 45.1 Å². The van der Waals surface area contributed by atoms with Crippen LogP contribution >= 0.6 is 0 Å². The van der Waals surface area contributed by atoms with Crippen LogP contribution in [0.4, 0.5) is 26.5 Å². The highest BCUT2D eigenvalue weighted by molar-refractivity contribution is 5.68. The Hall–Kier alpha value is -4.54. The molecule has 6 rings (SSSR count). The predicted molar refractivity (Wildman–Crippen MR) is 170 cm³/mol. The smallest absolute Gasteiger partial charge is 0.410 e. The quantitative estimate of drug-likeness (QED) is 0.399. The number of carbonyl (C=O) groups is 1. The second kappa shape index (κ2) is 13.4. The fraction of sp³-hybridized carbons (Fsp3) is 0.485. The first-order valence-electron chi connectivity index (χ1n) is 15.6. The van der Waals surface area contributed by atoms with Crippen molar-refractivity contribution in [1.29, 1.82) is 5.26 Å². The number of piperazine rings is 1. The average molecular weight is 631 g/mol. The van der Waals surface area contributed by atoms with Crippen molar-refractivity contribution in [2.24, 2.45) is 0 Å². The summed E-state index contributed by atoms with van der Waals surface area (Å²) in [6.07, 6.45) is -1.11. The molecule has 2 aromatic carbocycles. The van der Waals surface area contributed by atoms with Gasteiger partial charge in [0.1, 0.15) is 29.9 Å². The van der Waals surface area contributed by atoms with Crippen molar-refractivity contribution in [2.45, 2.75) is 51.1 Å². The molecule has 4 heterocycles. The molecule has 12 nitrogen and oxygen atoms in total. The molecule has 0 radical (unpaired) electrons. The van der Waals surface area contributed by atoms with Gasteiger partial charge in [0.15, 0.2) is 12.0 Å². The number of nitrogens with one attached hydrogen (secondary N) is 1. The first-order valence-corrected chi connectivity index (χ1v) is 15.6. The molecule has 0 spiro atoms. The molecule has 1 aromatic heterocycles. The summed E-state index contributed by atoms with van der Waals surface area (Å²) in [7, 11) is 0. The molecule has 3 fully saturated rings. The van der Waals surface area contributed by atoms with Crippen molar-refractivity contribution in [3.05, 3.63) is 54.4 Å². The van der Waals surface area contributed by atoms with Gasteiger partial charge in [-0.2, -0.15) is 10.2 Å². The van der Waals surface area contributed by atoms with E-state index in [4.69, 9.17) is 14.2 Å². The number of nitriles is 1. The Bertz CT molecular complexity index is 1570. The lowest BCUT2D eigenvalue weighted by atomic mass is 10.1. The minimum Gasteiger partial charge on any atom is -0.486 e. The van der Waals surface area contributed by atoms with E-state index >= 15 is 4.39 Å². The highest BCUT2D eigenvalue weighted by Crippen LogP contribution is 2.29. The second-order valence-corrected chi connectivity index (χ2v) is 12.7. The number of hydrogen-bond donors (Lipinski definition) is 1. The minimum atomic E-state index is -1.43. The molecule has 46 heavy (non-hydrogen) atoms. The molecule has 1 N–H and O–H groups in total. The van der Waals surface area contributed by atoms with Crippen molar-refractivity contribution in [3.63, 3.8) is 0 Å². The number of halogens is 1. The summed E-state index contributed by atoms with van der Waals surface area (Å²) in [5, 5.41) is 13.1. The molecule has 3 aliphatic heterocycles. The number of benzene rings is 2. The number of hydrogen-bond acceptors (Lipinski definition) is 11. The maximum Gasteiger partial charge on any atom is 0.410 e. The maximum absolute atomic E-state index is 15.1. The molecule has 1 amide bonds. The first-order chi connectivity index (χ1) is 22.1. The maximum atomic E-state index is 15.1. The average Bonchev–Trinajstić information content (AvgIpc) is 3.01. The zero-order valence-electron chi connectivity index (χ0n) is 26.4. The third kappa shape index (κ3) is 7.46. The third-order valence-electron chi connectivity index (χ3n) is 8.28. The molecule has 3 aromatic rings. The summed E-state index contributed by atoms with van der Waals surface area (Å²) in [5.74, 6) is 1.00.